The Labute approximate surface area is 260 Å². The van der Waals surface area contributed by atoms with Gasteiger partial charge in [-0.25, -0.2) is 8.42 Å². The summed E-state index contributed by atoms with van der Waals surface area (Å²) >= 11 is 12.2. The van der Waals surface area contributed by atoms with Gasteiger partial charge in [-0.05, 0) is 68.3 Å². The van der Waals surface area contributed by atoms with Crippen LogP contribution in [-0.2, 0) is 26.2 Å². The highest BCUT2D eigenvalue weighted by molar-refractivity contribution is 7.92. The zero-order chi connectivity index (χ0) is 31.9. The molecule has 0 fully saturated rings. The molecule has 230 valence electrons. The van der Waals surface area contributed by atoms with Crippen molar-refractivity contribution in [2.75, 3.05) is 24.5 Å². The van der Waals surface area contributed by atoms with Crippen LogP contribution in [0.3, 0.4) is 0 Å². The smallest absolute Gasteiger partial charge is 0.273 e. The van der Waals surface area contributed by atoms with E-state index in [1.807, 2.05) is 6.92 Å². The standard InChI is InChI=1S/C29H32Cl2N4O7S/c1-5-14-32-29(37)20(3)33(17-21-7-13-25(30)26(31)15-21)28(36)18-34(22-8-10-23(42-4)11-9-22)43(40,41)24-12-6-19(2)27(16-24)35(38)39/h6-13,15-16,20H,5,14,17-18H2,1-4H3,(H,32,37). The number of nitrogens with one attached hydrogen (secondary N) is 1. The van der Waals surface area contributed by atoms with Crippen molar-refractivity contribution >= 4 is 56.4 Å². The van der Waals surface area contributed by atoms with Crippen LogP contribution in [0, 0.1) is 17.0 Å². The highest BCUT2D eigenvalue weighted by atomic mass is 35.5. The molecule has 1 N–H and O–H groups in total. The average Bonchev–Trinajstić information content (AvgIpc) is 2.98. The van der Waals surface area contributed by atoms with Gasteiger partial charge in [-0.1, -0.05) is 42.3 Å². The van der Waals surface area contributed by atoms with Crippen LogP contribution < -0.4 is 14.4 Å². The number of sulfonamides is 1. The van der Waals surface area contributed by atoms with Gasteiger partial charge in [0, 0.05) is 24.7 Å². The second-order valence-electron chi connectivity index (χ2n) is 9.65. The summed E-state index contributed by atoms with van der Waals surface area (Å²) < 4.78 is 34.0. The number of benzene rings is 3. The lowest BCUT2D eigenvalue weighted by atomic mass is 10.1. The van der Waals surface area contributed by atoms with Gasteiger partial charge in [0.2, 0.25) is 11.8 Å². The summed E-state index contributed by atoms with van der Waals surface area (Å²) in [5.74, 6) is -0.685. The molecule has 0 heterocycles. The van der Waals surface area contributed by atoms with Crippen LogP contribution in [0.25, 0.3) is 0 Å². The Balaban J connectivity index is 2.09. The monoisotopic (exact) mass is 650 g/mol. The number of carbonyl (C=O) groups is 2. The number of ether oxygens (including phenoxy) is 1. The number of nitrogens with zero attached hydrogens (tertiary/aromatic N) is 3. The molecule has 0 radical (unpaired) electrons. The van der Waals surface area contributed by atoms with Gasteiger partial charge in [0.1, 0.15) is 18.3 Å². The molecule has 3 aromatic rings. The molecule has 0 bridgehead atoms. The van der Waals surface area contributed by atoms with Crippen LogP contribution in [0.15, 0.2) is 65.6 Å². The topological polar surface area (TPSA) is 139 Å². The van der Waals surface area contributed by atoms with E-state index in [1.54, 1.807) is 18.2 Å². The van der Waals surface area contributed by atoms with Crippen LogP contribution in [0.5, 0.6) is 5.75 Å². The zero-order valence-corrected chi connectivity index (χ0v) is 26.4. The second kappa shape index (κ2) is 14.5. The average molecular weight is 652 g/mol. The normalized spacial score (nSPS) is 11.9. The van der Waals surface area contributed by atoms with Crippen molar-refractivity contribution in [3.05, 3.63) is 92.0 Å². The number of amides is 2. The van der Waals surface area contributed by atoms with Crippen LogP contribution in [0.1, 0.15) is 31.4 Å². The van der Waals surface area contributed by atoms with E-state index in [1.165, 1.54) is 62.3 Å². The summed E-state index contributed by atoms with van der Waals surface area (Å²) in [6.45, 7) is 4.50. The number of halogens is 2. The molecule has 3 aromatic carbocycles. The number of methoxy groups -OCH3 is 1. The molecule has 11 nitrogen and oxygen atoms in total. The van der Waals surface area contributed by atoms with Crippen molar-refractivity contribution in [3.63, 3.8) is 0 Å². The predicted molar refractivity (Wildman–Crippen MR) is 165 cm³/mol. The van der Waals surface area contributed by atoms with Crippen molar-refractivity contribution in [2.24, 2.45) is 0 Å². The van der Waals surface area contributed by atoms with E-state index in [2.05, 4.69) is 5.32 Å². The minimum absolute atomic E-state index is 0.0804. The molecule has 0 saturated carbocycles. The fourth-order valence-corrected chi connectivity index (χ4v) is 5.92. The van der Waals surface area contributed by atoms with Crippen LogP contribution in [0.4, 0.5) is 11.4 Å². The van der Waals surface area contributed by atoms with E-state index in [4.69, 9.17) is 27.9 Å². The van der Waals surface area contributed by atoms with Crippen molar-refractivity contribution < 1.29 is 27.7 Å². The first kappa shape index (κ1) is 33.6. The van der Waals surface area contributed by atoms with Gasteiger partial charge >= 0.3 is 0 Å². The summed E-state index contributed by atoms with van der Waals surface area (Å²) in [7, 11) is -3.07. The molecule has 2 amide bonds. The minimum atomic E-state index is -4.52. The van der Waals surface area contributed by atoms with Crippen molar-refractivity contribution in [1.29, 1.82) is 0 Å². The minimum Gasteiger partial charge on any atom is -0.497 e. The molecule has 0 aromatic heterocycles. The Morgan fingerprint density at radius 3 is 2.30 bits per heavy atom. The molecule has 0 saturated heterocycles. The lowest BCUT2D eigenvalue weighted by molar-refractivity contribution is -0.385. The van der Waals surface area contributed by atoms with E-state index >= 15 is 0 Å². The largest absolute Gasteiger partial charge is 0.497 e. The lowest BCUT2D eigenvalue weighted by Crippen LogP contribution is -2.51. The maximum atomic E-state index is 14.0. The first-order valence-electron chi connectivity index (χ1n) is 13.2. The molecule has 14 heteroatoms. The fourth-order valence-electron chi connectivity index (χ4n) is 4.16. The summed E-state index contributed by atoms with van der Waals surface area (Å²) in [5.41, 5.74) is 0.557. The SMILES string of the molecule is CCCNC(=O)C(C)N(Cc1ccc(Cl)c(Cl)c1)C(=O)CN(c1ccc(OC)cc1)S(=O)(=O)c1ccc(C)c([N+](=O)[O-])c1. The Morgan fingerprint density at radius 2 is 1.72 bits per heavy atom. The van der Waals surface area contributed by atoms with Gasteiger partial charge in [-0.3, -0.25) is 24.0 Å². The number of hydrogen-bond donors (Lipinski definition) is 1. The molecule has 43 heavy (non-hydrogen) atoms. The second-order valence-corrected chi connectivity index (χ2v) is 12.3. The summed E-state index contributed by atoms with van der Waals surface area (Å²) in [5, 5.41) is 14.9. The molecular weight excluding hydrogens is 619 g/mol. The summed E-state index contributed by atoms with van der Waals surface area (Å²) in [6, 6.07) is 13.3. The van der Waals surface area contributed by atoms with E-state index in [0.29, 0.717) is 29.3 Å². The third-order valence-corrected chi connectivity index (χ3v) is 9.17. The summed E-state index contributed by atoms with van der Waals surface area (Å²) in [6.07, 6.45) is 0.672. The number of carbonyl (C=O) groups excluding carboxylic acids is 2. The van der Waals surface area contributed by atoms with Gasteiger partial charge in [0.15, 0.2) is 0 Å². The van der Waals surface area contributed by atoms with Gasteiger partial charge < -0.3 is 15.0 Å². The van der Waals surface area contributed by atoms with Crippen LogP contribution >= 0.6 is 23.2 Å². The third-order valence-electron chi connectivity index (χ3n) is 6.66. The number of nitro benzene ring substituents is 1. The first-order chi connectivity index (χ1) is 20.3. The highest BCUT2D eigenvalue weighted by Gasteiger charge is 2.33. The van der Waals surface area contributed by atoms with Crippen LogP contribution in [0.2, 0.25) is 10.0 Å². The van der Waals surface area contributed by atoms with Gasteiger partial charge in [-0.15, -0.1) is 0 Å². The van der Waals surface area contributed by atoms with E-state index in [-0.39, 0.29) is 33.4 Å². The summed E-state index contributed by atoms with van der Waals surface area (Å²) in [4.78, 5) is 38.7. The molecule has 3 rings (SSSR count). The number of hydrogen-bond acceptors (Lipinski definition) is 7. The first-order valence-corrected chi connectivity index (χ1v) is 15.4. The number of nitro groups is 1. The van der Waals surface area contributed by atoms with Gasteiger partial charge in [0.25, 0.3) is 15.7 Å². The van der Waals surface area contributed by atoms with Crippen molar-refractivity contribution in [1.82, 2.24) is 10.2 Å². The van der Waals surface area contributed by atoms with Gasteiger partial charge in [0.05, 0.1) is 32.7 Å². The maximum Gasteiger partial charge on any atom is 0.273 e. The van der Waals surface area contributed by atoms with Crippen molar-refractivity contribution in [2.45, 2.75) is 44.7 Å². The number of anilines is 1. The molecular formula is C29H32Cl2N4O7S. The Bertz CT molecular complexity index is 1600. The van der Waals surface area contributed by atoms with E-state index in [9.17, 15) is 28.1 Å². The molecule has 1 unspecified atom stereocenters. The Hall–Kier alpha value is -3.87. The molecule has 0 aliphatic heterocycles. The number of rotatable bonds is 13. The van der Waals surface area contributed by atoms with Gasteiger partial charge in [-0.2, -0.15) is 0 Å². The quantitative estimate of drug-likeness (QED) is 0.194. The zero-order valence-electron chi connectivity index (χ0n) is 24.0. The fraction of sp³-hybridized carbons (Fsp3) is 0.310. The van der Waals surface area contributed by atoms with Crippen LogP contribution in [-0.4, -0.2) is 56.3 Å². The molecule has 0 aliphatic carbocycles. The predicted octanol–water partition coefficient (Wildman–Crippen LogP) is 5.36. The Morgan fingerprint density at radius 1 is 1.05 bits per heavy atom. The van der Waals surface area contributed by atoms with Crippen molar-refractivity contribution in [3.8, 4) is 5.75 Å². The number of aryl methyl sites for hydroxylation is 1. The molecule has 0 aliphatic rings. The lowest BCUT2D eigenvalue weighted by Gasteiger charge is -2.32. The maximum absolute atomic E-state index is 14.0. The Kier molecular flexibility index (Phi) is 11.4. The molecule has 1 atom stereocenters. The van der Waals surface area contributed by atoms with E-state index in [0.717, 1.165) is 10.4 Å². The molecule has 0 spiro atoms. The highest BCUT2D eigenvalue weighted by Crippen LogP contribution is 2.30. The van der Waals surface area contributed by atoms with E-state index < -0.39 is 39.3 Å². The third kappa shape index (κ3) is 8.15.